The van der Waals surface area contributed by atoms with Crippen LogP contribution in [0.2, 0.25) is 5.02 Å². The average molecular weight is 399 g/mol. The zero-order valence-electron chi connectivity index (χ0n) is 14.9. The van der Waals surface area contributed by atoms with Gasteiger partial charge in [0.1, 0.15) is 0 Å². The second-order valence-electron chi connectivity index (χ2n) is 6.44. The highest BCUT2D eigenvalue weighted by Crippen LogP contribution is 2.31. The summed E-state index contributed by atoms with van der Waals surface area (Å²) in [6.07, 6.45) is 2.27. The molecule has 0 amide bonds. The van der Waals surface area contributed by atoms with E-state index in [4.69, 9.17) is 22.1 Å². The first-order chi connectivity index (χ1) is 13.0. The van der Waals surface area contributed by atoms with Crippen molar-refractivity contribution in [3.63, 3.8) is 0 Å². The summed E-state index contributed by atoms with van der Waals surface area (Å²) in [4.78, 5) is 12.0. The molecule has 2 aromatic carbocycles. The predicted octanol–water partition coefficient (Wildman–Crippen LogP) is 5.25. The molecule has 0 spiro atoms. The van der Waals surface area contributed by atoms with Crippen LogP contribution in [0.4, 0.5) is 5.69 Å². The third kappa shape index (κ3) is 3.53. The molecule has 0 aliphatic carbocycles. The molecule has 2 N–H and O–H groups in total. The summed E-state index contributed by atoms with van der Waals surface area (Å²) in [6, 6.07) is 11.7. The number of carbonyl (C=O) groups excluding carboxylic acids is 1. The number of ether oxygens (including phenoxy) is 1. The van der Waals surface area contributed by atoms with Gasteiger partial charge >= 0.3 is 5.97 Å². The van der Waals surface area contributed by atoms with E-state index < -0.39 is 0 Å². The molecule has 4 aromatic rings. The summed E-state index contributed by atoms with van der Waals surface area (Å²) < 4.78 is 8.47. The Bertz CT molecular complexity index is 1150. The molecular weight excluding hydrogens is 380 g/mol. The summed E-state index contributed by atoms with van der Waals surface area (Å²) in [5, 5.41) is 5.07. The maximum atomic E-state index is 12.0. The highest BCUT2D eigenvalue weighted by atomic mass is 35.5. The Morgan fingerprint density at radius 3 is 2.85 bits per heavy atom. The largest absolute Gasteiger partial charge is 0.466 e. The normalized spacial score (nSPS) is 11.3. The summed E-state index contributed by atoms with van der Waals surface area (Å²) in [5.41, 5.74) is 9.86. The minimum atomic E-state index is -0.221. The number of hydrogen-bond donors (Lipinski definition) is 1. The van der Waals surface area contributed by atoms with Crippen molar-refractivity contribution in [1.29, 1.82) is 0 Å². The summed E-state index contributed by atoms with van der Waals surface area (Å²) >= 11 is 7.89. The van der Waals surface area contributed by atoms with Gasteiger partial charge in [-0.05, 0) is 59.1 Å². The van der Waals surface area contributed by atoms with Crippen LogP contribution in [-0.4, -0.2) is 17.1 Å². The van der Waals surface area contributed by atoms with E-state index in [1.165, 1.54) is 10.3 Å². The number of hydrogen-bond acceptors (Lipinski definition) is 4. The average Bonchev–Trinajstić information content (AvgIpc) is 3.17. The summed E-state index contributed by atoms with van der Waals surface area (Å²) in [6.45, 7) is 2.88. The molecule has 4 rings (SSSR count). The molecular formula is C21H19ClN2O2S. The zero-order chi connectivity index (χ0) is 19.0. The highest BCUT2D eigenvalue weighted by molar-refractivity contribution is 7.17. The minimum absolute atomic E-state index is 0.221. The van der Waals surface area contributed by atoms with Gasteiger partial charge < -0.3 is 15.0 Å². The van der Waals surface area contributed by atoms with Crippen molar-refractivity contribution in [2.24, 2.45) is 0 Å². The number of nitrogens with two attached hydrogens (primary N) is 1. The fourth-order valence-corrected chi connectivity index (χ4v) is 4.49. The quantitative estimate of drug-likeness (QED) is 0.369. The Labute approximate surface area is 166 Å². The molecule has 0 saturated carbocycles. The number of carbonyl (C=O) groups is 1. The number of rotatable bonds is 5. The molecule has 138 valence electrons. The molecule has 0 aliphatic rings. The van der Waals surface area contributed by atoms with Gasteiger partial charge in [0.2, 0.25) is 0 Å². The van der Waals surface area contributed by atoms with E-state index in [0.29, 0.717) is 18.8 Å². The van der Waals surface area contributed by atoms with Gasteiger partial charge in [-0.15, -0.1) is 11.3 Å². The lowest BCUT2D eigenvalue weighted by molar-refractivity contribution is -0.142. The first-order valence-corrected chi connectivity index (χ1v) is 9.99. The number of fused-ring (bicyclic) bond motifs is 2. The Hall–Kier alpha value is -2.50. The molecule has 4 nitrogen and oxygen atoms in total. The second kappa shape index (κ2) is 7.25. The predicted molar refractivity (Wildman–Crippen MR) is 113 cm³/mol. The van der Waals surface area contributed by atoms with E-state index in [-0.39, 0.29) is 12.4 Å². The molecule has 2 aromatic heterocycles. The first-order valence-electron chi connectivity index (χ1n) is 8.73. The molecule has 6 heteroatoms. The lowest BCUT2D eigenvalue weighted by Gasteiger charge is -2.06. The van der Waals surface area contributed by atoms with Gasteiger partial charge in [0, 0.05) is 33.5 Å². The lowest BCUT2D eigenvalue weighted by atomic mass is 10.1. The molecule has 0 aliphatic heterocycles. The maximum absolute atomic E-state index is 12.0. The number of thiophene rings is 1. The standard InChI is InChI=1S/C21H19ClN2O2S/c1-2-26-21(25)7-13-10-24(19-9-16(23)4-5-17(13)19)11-14-12-27-20-6-3-15(22)8-18(14)20/h3-6,8-10,12H,2,7,11,23H2,1H3. The Morgan fingerprint density at radius 1 is 1.19 bits per heavy atom. The topological polar surface area (TPSA) is 57.2 Å². The Kier molecular flexibility index (Phi) is 4.81. The van der Waals surface area contributed by atoms with Crippen LogP contribution in [0.15, 0.2) is 48.0 Å². The van der Waals surface area contributed by atoms with Gasteiger partial charge in [-0.2, -0.15) is 0 Å². The summed E-state index contributed by atoms with van der Waals surface area (Å²) in [7, 11) is 0. The third-order valence-corrected chi connectivity index (χ3v) is 5.83. The Balaban J connectivity index is 1.77. The van der Waals surface area contributed by atoms with E-state index in [2.05, 4.69) is 9.95 Å². The van der Waals surface area contributed by atoms with Gasteiger partial charge in [-0.1, -0.05) is 17.7 Å². The van der Waals surface area contributed by atoms with Crippen molar-refractivity contribution in [2.75, 3.05) is 12.3 Å². The molecule has 0 bridgehead atoms. The van der Waals surface area contributed by atoms with E-state index >= 15 is 0 Å². The number of benzene rings is 2. The Morgan fingerprint density at radius 2 is 2.04 bits per heavy atom. The van der Waals surface area contributed by atoms with Crippen LogP contribution in [0, 0.1) is 0 Å². The smallest absolute Gasteiger partial charge is 0.310 e. The van der Waals surface area contributed by atoms with Crippen LogP contribution in [0.3, 0.4) is 0 Å². The van der Waals surface area contributed by atoms with Crippen molar-refractivity contribution in [2.45, 2.75) is 19.9 Å². The van der Waals surface area contributed by atoms with Gasteiger partial charge in [-0.25, -0.2) is 0 Å². The van der Waals surface area contributed by atoms with Crippen LogP contribution in [0.25, 0.3) is 21.0 Å². The maximum Gasteiger partial charge on any atom is 0.310 e. The number of aromatic nitrogens is 1. The molecule has 0 radical (unpaired) electrons. The number of nitrogens with zero attached hydrogens (tertiary/aromatic N) is 1. The summed E-state index contributed by atoms with van der Waals surface area (Å²) in [5.74, 6) is -0.221. The van der Waals surface area contributed by atoms with E-state index in [1.54, 1.807) is 11.3 Å². The monoisotopic (exact) mass is 398 g/mol. The van der Waals surface area contributed by atoms with Crippen LogP contribution >= 0.6 is 22.9 Å². The van der Waals surface area contributed by atoms with Crippen LogP contribution in [0.5, 0.6) is 0 Å². The number of halogens is 1. The third-order valence-electron chi connectivity index (χ3n) is 4.59. The second-order valence-corrected chi connectivity index (χ2v) is 7.79. The van der Waals surface area contributed by atoms with E-state index in [0.717, 1.165) is 26.9 Å². The number of esters is 1. The molecule has 0 saturated heterocycles. The van der Waals surface area contributed by atoms with Crippen molar-refractivity contribution >= 4 is 55.6 Å². The number of anilines is 1. The van der Waals surface area contributed by atoms with Crippen LogP contribution in [-0.2, 0) is 22.5 Å². The van der Waals surface area contributed by atoms with Crippen molar-refractivity contribution in [3.05, 3.63) is 64.1 Å². The van der Waals surface area contributed by atoms with Crippen molar-refractivity contribution in [3.8, 4) is 0 Å². The van der Waals surface area contributed by atoms with Gasteiger partial charge in [0.25, 0.3) is 0 Å². The van der Waals surface area contributed by atoms with E-state index in [1.807, 2.05) is 49.5 Å². The molecule has 2 heterocycles. The number of nitrogen functional groups attached to an aromatic ring is 1. The first kappa shape index (κ1) is 17.9. The highest BCUT2D eigenvalue weighted by Gasteiger charge is 2.14. The van der Waals surface area contributed by atoms with Gasteiger partial charge in [0.05, 0.1) is 18.5 Å². The molecule has 0 unspecified atom stereocenters. The van der Waals surface area contributed by atoms with Crippen LogP contribution in [0.1, 0.15) is 18.1 Å². The minimum Gasteiger partial charge on any atom is -0.466 e. The van der Waals surface area contributed by atoms with Crippen LogP contribution < -0.4 is 5.73 Å². The van der Waals surface area contributed by atoms with Gasteiger partial charge in [0.15, 0.2) is 0 Å². The fraction of sp³-hybridized carbons (Fsp3) is 0.190. The lowest BCUT2D eigenvalue weighted by Crippen LogP contribution is -2.07. The van der Waals surface area contributed by atoms with Crippen molar-refractivity contribution < 1.29 is 9.53 Å². The van der Waals surface area contributed by atoms with E-state index in [9.17, 15) is 4.79 Å². The fourth-order valence-electron chi connectivity index (χ4n) is 3.38. The molecule has 27 heavy (non-hydrogen) atoms. The van der Waals surface area contributed by atoms with Gasteiger partial charge in [-0.3, -0.25) is 4.79 Å². The molecule has 0 atom stereocenters. The van der Waals surface area contributed by atoms with Crippen molar-refractivity contribution in [1.82, 2.24) is 4.57 Å². The molecule has 0 fully saturated rings. The zero-order valence-corrected chi connectivity index (χ0v) is 16.4. The SMILES string of the molecule is CCOC(=O)Cc1cn(Cc2csc3ccc(Cl)cc23)c2cc(N)ccc12.